The largest absolute Gasteiger partial charge is 0.497 e. The number of ether oxygens (including phenoxy) is 1. The molecule has 3 rings (SSSR count). The molecule has 0 spiro atoms. The summed E-state index contributed by atoms with van der Waals surface area (Å²) in [6.45, 7) is 5.99. The Balaban J connectivity index is 2.03. The molecule has 0 atom stereocenters. The van der Waals surface area contributed by atoms with Crippen LogP contribution in [-0.2, 0) is 0 Å². The molecule has 3 aromatic rings. The van der Waals surface area contributed by atoms with Gasteiger partial charge in [0, 0.05) is 5.69 Å². The van der Waals surface area contributed by atoms with Gasteiger partial charge in [0.25, 0.3) is 5.43 Å². The summed E-state index contributed by atoms with van der Waals surface area (Å²) in [4.78, 5) is 24.2. The lowest BCUT2D eigenvalue weighted by molar-refractivity contribution is 0.415. The fourth-order valence-electron chi connectivity index (χ4n) is 2.82. The lowest BCUT2D eigenvalue weighted by Crippen LogP contribution is -2.35. The van der Waals surface area contributed by atoms with Gasteiger partial charge in [0.05, 0.1) is 12.7 Å². The van der Waals surface area contributed by atoms with E-state index in [-0.39, 0.29) is 0 Å². The van der Waals surface area contributed by atoms with Crippen LogP contribution in [-0.4, -0.2) is 7.11 Å². The van der Waals surface area contributed by atoms with E-state index in [0.29, 0.717) is 11.3 Å². The van der Waals surface area contributed by atoms with Crippen LogP contribution in [0.5, 0.6) is 5.75 Å². The van der Waals surface area contributed by atoms with E-state index < -0.39 is 10.9 Å². The van der Waals surface area contributed by atoms with Crippen LogP contribution in [0.15, 0.2) is 46.0 Å². The molecule has 0 aliphatic heterocycles. The Morgan fingerprint density at radius 1 is 0.833 bits per heavy atom. The Hall–Kier alpha value is -2.88. The summed E-state index contributed by atoms with van der Waals surface area (Å²) in [5.74, 6) is 0.732. The van der Waals surface area contributed by atoms with E-state index in [1.165, 1.54) is 5.56 Å². The molecule has 0 amide bonds. The van der Waals surface area contributed by atoms with Gasteiger partial charge in [-0.1, -0.05) is 12.1 Å². The summed E-state index contributed by atoms with van der Waals surface area (Å²) in [5, 5.41) is 3.07. The summed E-state index contributed by atoms with van der Waals surface area (Å²) in [6, 6.07) is 11.2. The standard InChI is InChI=1S/C20H19NO3/c1-11-9-13(3)16(10-12(11)2)17-18(20(23)19(17)22)21-14-5-7-15(24-4)8-6-14/h5-10,21H,1-4H3. The maximum atomic E-state index is 12.1. The SMILES string of the molecule is COc1ccc(Nc2c(-c3cc(C)c(C)cc3C)c(=O)c2=O)cc1. The molecule has 24 heavy (non-hydrogen) atoms. The predicted octanol–water partition coefficient (Wildman–Crippen LogP) is 3.63. The van der Waals surface area contributed by atoms with Crippen molar-refractivity contribution in [2.24, 2.45) is 0 Å². The molecule has 4 heteroatoms. The number of rotatable bonds is 4. The average Bonchev–Trinajstić information content (AvgIpc) is 2.59. The molecule has 122 valence electrons. The van der Waals surface area contributed by atoms with E-state index >= 15 is 0 Å². The van der Waals surface area contributed by atoms with Crippen LogP contribution in [0.25, 0.3) is 11.1 Å². The van der Waals surface area contributed by atoms with Gasteiger partial charge in [-0.2, -0.15) is 0 Å². The number of aryl methyl sites for hydroxylation is 3. The Kier molecular flexibility index (Phi) is 3.97. The Morgan fingerprint density at radius 2 is 1.46 bits per heavy atom. The van der Waals surface area contributed by atoms with Gasteiger partial charge < -0.3 is 10.1 Å². The summed E-state index contributed by atoms with van der Waals surface area (Å²) in [7, 11) is 1.60. The molecular formula is C20H19NO3. The van der Waals surface area contributed by atoms with Crippen molar-refractivity contribution in [3.63, 3.8) is 0 Å². The average molecular weight is 321 g/mol. The van der Waals surface area contributed by atoms with Crippen LogP contribution >= 0.6 is 0 Å². The highest BCUT2D eigenvalue weighted by molar-refractivity contribution is 5.86. The third kappa shape index (κ3) is 2.60. The zero-order valence-electron chi connectivity index (χ0n) is 14.2. The van der Waals surface area contributed by atoms with Crippen LogP contribution in [0.4, 0.5) is 11.4 Å². The lowest BCUT2D eigenvalue weighted by atomic mass is 9.91. The third-order valence-electron chi connectivity index (χ3n) is 4.38. The van der Waals surface area contributed by atoms with Crippen LogP contribution in [0.3, 0.4) is 0 Å². The summed E-state index contributed by atoms with van der Waals surface area (Å²) in [6.07, 6.45) is 0. The van der Waals surface area contributed by atoms with Gasteiger partial charge in [-0.3, -0.25) is 9.59 Å². The van der Waals surface area contributed by atoms with E-state index in [1.807, 2.05) is 45.0 Å². The quantitative estimate of drug-likeness (QED) is 0.746. The van der Waals surface area contributed by atoms with Crippen LogP contribution in [0.2, 0.25) is 0 Å². The molecule has 0 aliphatic carbocycles. The minimum Gasteiger partial charge on any atom is -0.497 e. The Bertz CT molecular complexity index is 978. The molecule has 4 nitrogen and oxygen atoms in total. The number of anilines is 2. The predicted molar refractivity (Wildman–Crippen MR) is 97.3 cm³/mol. The van der Waals surface area contributed by atoms with E-state index in [2.05, 4.69) is 5.32 Å². The van der Waals surface area contributed by atoms with Gasteiger partial charge in [-0.25, -0.2) is 0 Å². The van der Waals surface area contributed by atoms with Crippen molar-refractivity contribution in [2.75, 3.05) is 12.4 Å². The van der Waals surface area contributed by atoms with Gasteiger partial charge in [-0.15, -0.1) is 0 Å². The molecule has 0 aromatic heterocycles. The van der Waals surface area contributed by atoms with E-state index in [1.54, 1.807) is 19.2 Å². The summed E-state index contributed by atoms with van der Waals surface area (Å²) >= 11 is 0. The summed E-state index contributed by atoms with van der Waals surface area (Å²) in [5.41, 5.74) is 4.73. The van der Waals surface area contributed by atoms with Crippen molar-refractivity contribution < 1.29 is 4.74 Å². The molecule has 0 radical (unpaired) electrons. The minimum atomic E-state index is -0.474. The molecule has 0 aliphatic rings. The van der Waals surface area contributed by atoms with Crippen molar-refractivity contribution in [2.45, 2.75) is 20.8 Å². The van der Waals surface area contributed by atoms with E-state index in [0.717, 1.165) is 28.1 Å². The molecule has 0 fully saturated rings. The second-order valence-electron chi connectivity index (χ2n) is 6.01. The van der Waals surface area contributed by atoms with Crippen molar-refractivity contribution in [1.82, 2.24) is 0 Å². The van der Waals surface area contributed by atoms with Gasteiger partial charge >= 0.3 is 0 Å². The van der Waals surface area contributed by atoms with Gasteiger partial charge in [0.1, 0.15) is 11.4 Å². The molecule has 1 N–H and O–H groups in total. The molecular weight excluding hydrogens is 302 g/mol. The normalized spacial score (nSPS) is 10.8. The van der Waals surface area contributed by atoms with E-state index in [4.69, 9.17) is 4.74 Å². The van der Waals surface area contributed by atoms with Crippen molar-refractivity contribution >= 4 is 11.4 Å². The number of nitrogens with one attached hydrogen (secondary N) is 1. The number of hydrogen-bond donors (Lipinski definition) is 1. The fraction of sp³-hybridized carbons (Fsp3) is 0.200. The van der Waals surface area contributed by atoms with Gasteiger partial charge in [0.2, 0.25) is 5.43 Å². The molecule has 0 heterocycles. The number of methoxy groups -OCH3 is 1. The van der Waals surface area contributed by atoms with Crippen molar-refractivity contribution in [3.05, 3.63) is 73.5 Å². The number of hydrogen-bond acceptors (Lipinski definition) is 4. The van der Waals surface area contributed by atoms with Gasteiger partial charge in [0.15, 0.2) is 0 Å². The van der Waals surface area contributed by atoms with Crippen molar-refractivity contribution in [3.8, 4) is 16.9 Å². The van der Waals surface area contributed by atoms with Gasteiger partial charge in [-0.05, 0) is 67.3 Å². The molecule has 3 aromatic carbocycles. The van der Waals surface area contributed by atoms with E-state index in [9.17, 15) is 9.59 Å². The first-order valence-corrected chi connectivity index (χ1v) is 7.75. The second-order valence-corrected chi connectivity index (χ2v) is 6.01. The fourth-order valence-corrected chi connectivity index (χ4v) is 2.82. The Morgan fingerprint density at radius 3 is 2.08 bits per heavy atom. The maximum absolute atomic E-state index is 12.1. The first-order chi connectivity index (χ1) is 11.4. The highest BCUT2D eigenvalue weighted by Gasteiger charge is 2.24. The second kappa shape index (κ2) is 5.96. The topological polar surface area (TPSA) is 55.4 Å². The lowest BCUT2D eigenvalue weighted by Gasteiger charge is -2.16. The monoisotopic (exact) mass is 321 g/mol. The van der Waals surface area contributed by atoms with Crippen LogP contribution in [0, 0.1) is 20.8 Å². The highest BCUT2D eigenvalue weighted by atomic mass is 16.5. The molecule has 0 bridgehead atoms. The van der Waals surface area contributed by atoms with Crippen LogP contribution < -0.4 is 20.9 Å². The highest BCUT2D eigenvalue weighted by Crippen LogP contribution is 2.31. The number of benzene rings is 2. The molecule has 0 unspecified atom stereocenters. The summed E-state index contributed by atoms with van der Waals surface area (Å²) < 4.78 is 5.12. The van der Waals surface area contributed by atoms with Crippen LogP contribution in [0.1, 0.15) is 16.7 Å². The molecule has 0 saturated carbocycles. The first kappa shape index (κ1) is 16.0. The minimum absolute atomic E-state index is 0.358. The van der Waals surface area contributed by atoms with Crippen molar-refractivity contribution in [1.29, 1.82) is 0 Å². The molecule has 0 saturated heterocycles. The zero-order chi connectivity index (χ0) is 17.4. The zero-order valence-corrected chi connectivity index (χ0v) is 14.2. The smallest absolute Gasteiger partial charge is 0.250 e. The third-order valence-corrected chi connectivity index (χ3v) is 4.38. The first-order valence-electron chi connectivity index (χ1n) is 7.75. The maximum Gasteiger partial charge on any atom is 0.250 e. The Labute approximate surface area is 140 Å².